The van der Waals surface area contributed by atoms with E-state index < -0.39 is 0 Å². The summed E-state index contributed by atoms with van der Waals surface area (Å²) < 4.78 is 16.4. The highest BCUT2D eigenvalue weighted by Crippen LogP contribution is 2.44. The molecule has 0 spiro atoms. The van der Waals surface area contributed by atoms with Crippen LogP contribution in [-0.4, -0.2) is 26.4 Å². The molecule has 0 aliphatic carbocycles. The molecule has 1 aliphatic heterocycles. The maximum atomic E-state index is 6.27. The van der Waals surface area contributed by atoms with E-state index in [1.807, 2.05) is 6.92 Å². The summed E-state index contributed by atoms with van der Waals surface area (Å²) in [7, 11) is 1.58. The molecule has 2 rings (SSSR count). The molecule has 0 fully saturated rings. The molecule has 0 saturated heterocycles. The Morgan fingerprint density at radius 3 is 2.82 bits per heavy atom. The minimum absolute atomic E-state index is 0.00534. The molecule has 94 valence electrons. The van der Waals surface area contributed by atoms with Crippen LogP contribution in [0.3, 0.4) is 0 Å². The Balaban J connectivity index is 2.51. The van der Waals surface area contributed by atoms with Gasteiger partial charge in [0.15, 0.2) is 11.5 Å². The van der Waals surface area contributed by atoms with Crippen molar-refractivity contribution in [2.24, 2.45) is 5.73 Å². The fraction of sp³-hybridized carbons (Fsp3) is 0.500. The number of benzene rings is 1. The van der Waals surface area contributed by atoms with Crippen LogP contribution in [0.4, 0.5) is 0 Å². The van der Waals surface area contributed by atoms with Crippen LogP contribution in [0.25, 0.3) is 0 Å². The van der Waals surface area contributed by atoms with Gasteiger partial charge in [-0.2, -0.15) is 0 Å². The van der Waals surface area contributed by atoms with E-state index in [2.05, 4.69) is 0 Å². The van der Waals surface area contributed by atoms with Crippen LogP contribution in [0.2, 0.25) is 5.02 Å². The highest BCUT2D eigenvalue weighted by molar-refractivity contribution is 6.33. The van der Waals surface area contributed by atoms with Gasteiger partial charge in [0.2, 0.25) is 0 Å². The molecule has 1 heterocycles. The van der Waals surface area contributed by atoms with Crippen molar-refractivity contribution in [2.75, 3.05) is 20.3 Å². The fourth-order valence-corrected chi connectivity index (χ4v) is 2.15. The van der Waals surface area contributed by atoms with E-state index in [1.54, 1.807) is 13.2 Å². The average Bonchev–Trinajstić information content (AvgIpc) is 2.32. The number of methoxy groups -OCH3 is 1. The van der Waals surface area contributed by atoms with E-state index in [9.17, 15) is 0 Å². The van der Waals surface area contributed by atoms with Crippen LogP contribution in [0.15, 0.2) is 6.07 Å². The number of rotatable bonds is 3. The minimum atomic E-state index is -0.00534. The molecule has 1 atom stereocenters. The van der Waals surface area contributed by atoms with Gasteiger partial charge >= 0.3 is 0 Å². The lowest BCUT2D eigenvalue weighted by Crippen LogP contribution is -2.21. The van der Waals surface area contributed by atoms with E-state index >= 15 is 0 Å². The SMILES string of the molecule is COc1cc2c(c(CC(C)N)c1Cl)OCCO2. The van der Waals surface area contributed by atoms with Gasteiger partial charge < -0.3 is 19.9 Å². The summed E-state index contributed by atoms with van der Waals surface area (Å²) in [4.78, 5) is 0. The lowest BCUT2D eigenvalue weighted by Gasteiger charge is -2.23. The molecule has 1 aromatic carbocycles. The molecule has 0 saturated carbocycles. The highest BCUT2D eigenvalue weighted by atomic mass is 35.5. The number of nitrogens with two attached hydrogens (primary N) is 1. The molecule has 4 nitrogen and oxygen atoms in total. The van der Waals surface area contributed by atoms with E-state index in [-0.39, 0.29) is 6.04 Å². The van der Waals surface area contributed by atoms with Crippen molar-refractivity contribution in [1.29, 1.82) is 0 Å². The molecule has 0 bridgehead atoms. The molecule has 0 amide bonds. The molecule has 17 heavy (non-hydrogen) atoms. The van der Waals surface area contributed by atoms with Crippen molar-refractivity contribution in [2.45, 2.75) is 19.4 Å². The Morgan fingerprint density at radius 1 is 1.47 bits per heavy atom. The monoisotopic (exact) mass is 257 g/mol. The Bertz CT molecular complexity index is 421. The summed E-state index contributed by atoms with van der Waals surface area (Å²) in [6.45, 7) is 2.99. The van der Waals surface area contributed by atoms with Gasteiger partial charge in [0, 0.05) is 17.7 Å². The van der Waals surface area contributed by atoms with E-state index in [1.165, 1.54) is 0 Å². The Labute approximate surface area is 106 Å². The Morgan fingerprint density at radius 2 is 2.18 bits per heavy atom. The fourth-order valence-electron chi connectivity index (χ4n) is 1.86. The largest absolute Gasteiger partial charge is 0.495 e. The number of halogens is 1. The van der Waals surface area contributed by atoms with Crippen LogP contribution >= 0.6 is 11.6 Å². The molecule has 2 N–H and O–H groups in total. The van der Waals surface area contributed by atoms with Crippen molar-refractivity contribution in [1.82, 2.24) is 0 Å². The smallest absolute Gasteiger partial charge is 0.166 e. The normalized spacial score (nSPS) is 15.5. The van der Waals surface area contributed by atoms with Crippen LogP contribution < -0.4 is 19.9 Å². The molecule has 1 aliphatic rings. The van der Waals surface area contributed by atoms with Crippen LogP contribution in [-0.2, 0) is 6.42 Å². The van der Waals surface area contributed by atoms with Crippen molar-refractivity contribution >= 4 is 11.6 Å². The molecular formula is C12H16ClNO3. The second-order valence-corrected chi connectivity index (χ2v) is 4.45. The molecular weight excluding hydrogens is 242 g/mol. The first-order chi connectivity index (χ1) is 8.13. The standard InChI is InChI=1S/C12H16ClNO3/c1-7(14)5-8-11(13)9(15-2)6-10-12(8)17-4-3-16-10/h6-7H,3-5,14H2,1-2H3. The first-order valence-electron chi connectivity index (χ1n) is 5.54. The molecule has 0 aromatic heterocycles. The van der Waals surface area contributed by atoms with Crippen LogP contribution in [0, 0.1) is 0 Å². The van der Waals surface area contributed by atoms with Crippen LogP contribution in [0.5, 0.6) is 17.2 Å². The second kappa shape index (κ2) is 5.02. The third-order valence-electron chi connectivity index (χ3n) is 2.57. The molecule has 5 heteroatoms. The van der Waals surface area contributed by atoms with E-state index in [0.717, 1.165) is 5.56 Å². The number of fused-ring (bicyclic) bond motifs is 1. The maximum Gasteiger partial charge on any atom is 0.166 e. The van der Waals surface area contributed by atoms with Gasteiger partial charge in [-0.1, -0.05) is 11.6 Å². The summed E-state index contributed by atoms with van der Waals surface area (Å²) in [6, 6.07) is 1.75. The zero-order valence-electron chi connectivity index (χ0n) is 9.96. The predicted octanol–water partition coefficient (Wildman–Crippen LogP) is 2.01. The lowest BCUT2D eigenvalue weighted by molar-refractivity contribution is 0.169. The highest BCUT2D eigenvalue weighted by Gasteiger charge is 2.23. The Hall–Kier alpha value is -1.13. The van der Waals surface area contributed by atoms with Gasteiger partial charge in [-0.25, -0.2) is 0 Å². The maximum absolute atomic E-state index is 6.27. The zero-order valence-corrected chi connectivity index (χ0v) is 10.7. The first kappa shape index (κ1) is 12.3. The van der Waals surface area contributed by atoms with E-state index in [0.29, 0.717) is 41.9 Å². The van der Waals surface area contributed by atoms with Crippen molar-refractivity contribution in [3.8, 4) is 17.2 Å². The topological polar surface area (TPSA) is 53.7 Å². The third kappa shape index (κ3) is 2.42. The zero-order chi connectivity index (χ0) is 12.4. The van der Waals surface area contributed by atoms with E-state index in [4.69, 9.17) is 31.5 Å². The minimum Gasteiger partial charge on any atom is -0.495 e. The van der Waals surface area contributed by atoms with Gasteiger partial charge in [0.25, 0.3) is 0 Å². The van der Waals surface area contributed by atoms with Crippen LogP contribution in [0.1, 0.15) is 12.5 Å². The van der Waals surface area contributed by atoms with Gasteiger partial charge in [-0.3, -0.25) is 0 Å². The van der Waals surface area contributed by atoms with Crippen molar-refractivity contribution < 1.29 is 14.2 Å². The lowest BCUT2D eigenvalue weighted by atomic mass is 10.0. The predicted molar refractivity (Wildman–Crippen MR) is 66.3 cm³/mol. The third-order valence-corrected chi connectivity index (χ3v) is 2.99. The number of hydrogen-bond acceptors (Lipinski definition) is 4. The van der Waals surface area contributed by atoms with Crippen molar-refractivity contribution in [3.05, 3.63) is 16.7 Å². The summed E-state index contributed by atoms with van der Waals surface area (Å²) in [5, 5.41) is 0.550. The molecule has 1 aromatic rings. The molecule has 1 unspecified atom stereocenters. The van der Waals surface area contributed by atoms with Crippen molar-refractivity contribution in [3.63, 3.8) is 0 Å². The average molecular weight is 258 g/mol. The number of hydrogen-bond donors (Lipinski definition) is 1. The first-order valence-corrected chi connectivity index (χ1v) is 5.91. The molecule has 0 radical (unpaired) electrons. The second-order valence-electron chi connectivity index (χ2n) is 4.08. The summed E-state index contributed by atoms with van der Waals surface area (Å²) in [5.41, 5.74) is 6.68. The quantitative estimate of drug-likeness (QED) is 0.900. The van der Waals surface area contributed by atoms with Gasteiger partial charge in [-0.15, -0.1) is 0 Å². The Kier molecular flexibility index (Phi) is 3.64. The van der Waals surface area contributed by atoms with Gasteiger partial charge in [0.1, 0.15) is 19.0 Å². The summed E-state index contributed by atoms with van der Waals surface area (Å²) in [5.74, 6) is 1.96. The summed E-state index contributed by atoms with van der Waals surface area (Å²) >= 11 is 6.27. The summed E-state index contributed by atoms with van der Waals surface area (Å²) in [6.07, 6.45) is 0.627. The van der Waals surface area contributed by atoms with Gasteiger partial charge in [-0.05, 0) is 13.3 Å². The number of ether oxygens (including phenoxy) is 3. The van der Waals surface area contributed by atoms with Gasteiger partial charge in [0.05, 0.1) is 12.1 Å².